The number of hydrogen-bond acceptors (Lipinski definition) is 3. The lowest BCUT2D eigenvalue weighted by atomic mass is 9.93. The number of carbonyl (C=O) groups is 1. The van der Waals surface area contributed by atoms with Gasteiger partial charge in [-0.1, -0.05) is 44.2 Å². The van der Waals surface area contributed by atoms with Crippen LogP contribution in [0.5, 0.6) is 0 Å². The Morgan fingerprint density at radius 2 is 1.83 bits per heavy atom. The molecule has 0 fully saturated rings. The third kappa shape index (κ3) is 3.10. The molecule has 23 heavy (non-hydrogen) atoms. The monoisotopic (exact) mass is 306 g/mol. The number of nitrogens with zero attached hydrogens (tertiary/aromatic N) is 1. The molecule has 1 heterocycles. The number of aromatic nitrogens is 1. The Balaban J connectivity index is 2.13. The Kier molecular flexibility index (Phi) is 4.39. The molecule has 1 aromatic heterocycles. The van der Waals surface area contributed by atoms with Gasteiger partial charge in [-0.25, -0.2) is 4.98 Å². The van der Waals surface area contributed by atoms with E-state index in [-0.39, 0.29) is 11.8 Å². The van der Waals surface area contributed by atoms with Gasteiger partial charge in [-0.3, -0.25) is 4.79 Å². The number of pyridine rings is 1. The van der Waals surface area contributed by atoms with Crippen LogP contribution >= 0.6 is 0 Å². The minimum absolute atomic E-state index is 0.142. The van der Waals surface area contributed by atoms with Gasteiger partial charge in [0.25, 0.3) is 0 Å². The van der Waals surface area contributed by atoms with Crippen molar-refractivity contribution in [2.75, 3.05) is 7.05 Å². The van der Waals surface area contributed by atoms with Crippen molar-refractivity contribution < 1.29 is 4.79 Å². The van der Waals surface area contributed by atoms with Crippen LogP contribution in [0.2, 0.25) is 0 Å². The number of benzene rings is 2. The Labute approximate surface area is 136 Å². The molecule has 0 bridgehead atoms. The van der Waals surface area contributed by atoms with Gasteiger partial charge in [0.1, 0.15) is 0 Å². The molecule has 1 atom stereocenters. The first-order valence-electron chi connectivity index (χ1n) is 8.10. The molecule has 0 unspecified atom stereocenters. The highest BCUT2D eigenvalue weighted by atomic mass is 16.1. The van der Waals surface area contributed by atoms with Crippen LogP contribution in [0.1, 0.15) is 30.6 Å². The van der Waals surface area contributed by atoms with Crippen molar-refractivity contribution in [3.05, 3.63) is 54.1 Å². The fourth-order valence-electron chi connectivity index (χ4n) is 3.03. The average molecular weight is 306 g/mol. The lowest BCUT2D eigenvalue weighted by Gasteiger charge is -2.18. The third-order valence-corrected chi connectivity index (χ3v) is 4.20. The van der Waals surface area contributed by atoms with Crippen molar-refractivity contribution in [1.29, 1.82) is 0 Å². The highest BCUT2D eigenvalue weighted by Gasteiger charge is 2.21. The van der Waals surface area contributed by atoms with E-state index >= 15 is 0 Å². The number of likely N-dealkylation sites (N-methyl/N-ethyl adjacent to an activating group) is 1. The molecule has 2 aromatic carbocycles. The molecule has 3 nitrogen and oxygen atoms in total. The molecule has 0 radical (unpaired) electrons. The molecule has 0 aliphatic carbocycles. The van der Waals surface area contributed by atoms with E-state index in [1.807, 2.05) is 49.5 Å². The molecule has 3 rings (SSSR count). The Hall–Kier alpha value is -2.26. The van der Waals surface area contributed by atoms with Gasteiger partial charge in [0.05, 0.1) is 17.1 Å². The van der Waals surface area contributed by atoms with Gasteiger partial charge in [0.15, 0.2) is 5.78 Å². The molecule has 1 N–H and O–H groups in total. The van der Waals surface area contributed by atoms with Gasteiger partial charge in [-0.2, -0.15) is 0 Å². The predicted molar refractivity (Wildman–Crippen MR) is 95.9 cm³/mol. The molecule has 0 spiro atoms. The highest BCUT2D eigenvalue weighted by Crippen LogP contribution is 2.24. The maximum absolute atomic E-state index is 13.0. The molecule has 0 aliphatic heterocycles. The van der Waals surface area contributed by atoms with Gasteiger partial charge in [-0.05, 0) is 37.6 Å². The predicted octanol–water partition coefficient (Wildman–Crippen LogP) is 4.20. The number of para-hydroxylation sites is 1. The minimum Gasteiger partial charge on any atom is -0.310 e. The second-order valence-electron chi connectivity index (χ2n) is 6.39. The van der Waals surface area contributed by atoms with Gasteiger partial charge < -0.3 is 5.32 Å². The molecule has 0 amide bonds. The van der Waals surface area contributed by atoms with Crippen LogP contribution in [0.4, 0.5) is 0 Å². The molecular formula is C20H22N2O. The summed E-state index contributed by atoms with van der Waals surface area (Å²) in [5, 5.41) is 5.15. The molecule has 3 aromatic rings. The van der Waals surface area contributed by atoms with E-state index < -0.39 is 0 Å². The average Bonchev–Trinajstić information content (AvgIpc) is 2.56. The first-order chi connectivity index (χ1) is 11.1. The first kappa shape index (κ1) is 15.6. The van der Waals surface area contributed by atoms with Crippen LogP contribution < -0.4 is 5.32 Å². The zero-order chi connectivity index (χ0) is 16.4. The fraction of sp³-hybridized carbons (Fsp3) is 0.300. The smallest absolute Gasteiger partial charge is 0.180 e. The Bertz CT molecular complexity index is 855. The van der Waals surface area contributed by atoms with E-state index in [9.17, 15) is 4.79 Å². The second-order valence-corrected chi connectivity index (χ2v) is 6.39. The summed E-state index contributed by atoms with van der Waals surface area (Å²) in [6.07, 6.45) is 0.826. The SMILES string of the molecule is CN[C@@H](CC(C)C)C(=O)c1cccc2nc3ccccc3cc12. The standard InChI is InChI=1S/C20H22N2O/c1-13(2)11-19(21-3)20(23)15-8-6-10-18-16(15)12-14-7-4-5-9-17(14)22-18/h4-10,12-13,19,21H,11H2,1-3H3/t19-/m0/s1. The lowest BCUT2D eigenvalue weighted by Crippen LogP contribution is -2.35. The maximum atomic E-state index is 13.0. The van der Waals surface area contributed by atoms with Crippen LogP contribution in [-0.4, -0.2) is 23.9 Å². The van der Waals surface area contributed by atoms with E-state index in [0.29, 0.717) is 5.92 Å². The van der Waals surface area contributed by atoms with Gasteiger partial charge >= 0.3 is 0 Å². The Morgan fingerprint density at radius 3 is 2.57 bits per heavy atom. The zero-order valence-corrected chi connectivity index (χ0v) is 13.8. The third-order valence-electron chi connectivity index (χ3n) is 4.20. The summed E-state index contributed by atoms with van der Waals surface area (Å²) in [7, 11) is 1.85. The van der Waals surface area contributed by atoms with Gasteiger partial charge in [0.2, 0.25) is 0 Å². The minimum atomic E-state index is -0.160. The van der Waals surface area contributed by atoms with Crippen molar-refractivity contribution in [2.45, 2.75) is 26.3 Å². The van der Waals surface area contributed by atoms with Crippen molar-refractivity contribution in [2.24, 2.45) is 5.92 Å². The van der Waals surface area contributed by atoms with Crippen LogP contribution in [0.25, 0.3) is 21.8 Å². The normalized spacial score (nSPS) is 12.9. The molecule has 0 saturated heterocycles. The van der Waals surface area contributed by atoms with Crippen molar-refractivity contribution >= 4 is 27.6 Å². The number of Topliss-reactive ketones (excluding diaryl/α,β-unsaturated/α-hetero) is 1. The summed E-state index contributed by atoms with van der Waals surface area (Å²) in [5.74, 6) is 0.606. The molecule has 3 heteroatoms. The summed E-state index contributed by atoms with van der Waals surface area (Å²) in [6, 6.07) is 15.7. The lowest BCUT2D eigenvalue weighted by molar-refractivity contribution is 0.0937. The quantitative estimate of drug-likeness (QED) is 0.567. The number of rotatable bonds is 5. The van der Waals surface area contributed by atoms with E-state index in [2.05, 4.69) is 25.2 Å². The van der Waals surface area contributed by atoms with E-state index in [1.165, 1.54) is 0 Å². The summed E-state index contributed by atoms with van der Waals surface area (Å²) in [4.78, 5) is 17.7. The van der Waals surface area contributed by atoms with Gasteiger partial charge in [0, 0.05) is 16.3 Å². The largest absolute Gasteiger partial charge is 0.310 e. The summed E-state index contributed by atoms with van der Waals surface area (Å²) in [6.45, 7) is 4.27. The van der Waals surface area contributed by atoms with Crippen LogP contribution in [0.15, 0.2) is 48.5 Å². The number of ketones is 1. The number of nitrogens with one attached hydrogen (secondary N) is 1. The highest BCUT2D eigenvalue weighted by molar-refractivity contribution is 6.11. The summed E-state index contributed by atoms with van der Waals surface area (Å²) >= 11 is 0. The van der Waals surface area contributed by atoms with E-state index in [4.69, 9.17) is 4.98 Å². The van der Waals surface area contributed by atoms with Gasteiger partial charge in [-0.15, -0.1) is 0 Å². The van der Waals surface area contributed by atoms with E-state index in [0.717, 1.165) is 33.8 Å². The van der Waals surface area contributed by atoms with Crippen molar-refractivity contribution in [3.63, 3.8) is 0 Å². The van der Waals surface area contributed by atoms with Crippen LogP contribution in [0.3, 0.4) is 0 Å². The topological polar surface area (TPSA) is 42.0 Å². The number of fused-ring (bicyclic) bond motifs is 2. The maximum Gasteiger partial charge on any atom is 0.180 e. The molecular weight excluding hydrogens is 284 g/mol. The van der Waals surface area contributed by atoms with E-state index in [1.54, 1.807) is 0 Å². The van der Waals surface area contributed by atoms with Crippen LogP contribution in [-0.2, 0) is 0 Å². The molecule has 0 aliphatic rings. The van der Waals surface area contributed by atoms with Crippen molar-refractivity contribution in [3.8, 4) is 0 Å². The fourth-order valence-corrected chi connectivity index (χ4v) is 3.03. The molecule has 0 saturated carbocycles. The second kappa shape index (κ2) is 6.47. The van der Waals surface area contributed by atoms with Crippen LogP contribution in [0, 0.1) is 5.92 Å². The Morgan fingerprint density at radius 1 is 1.09 bits per heavy atom. The number of carbonyl (C=O) groups excluding carboxylic acids is 1. The number of hydrogen-bond donors (Lipinski definition) is 1. The van der Waals surface area contributed by atoms with Crippen molar-refractivity contribution in [1.82, 2.24) is 10.3 Å². The zero-order valence-electron chi connectivity index (χ0n) is 13.8. The first-order valence-corrected chi connectivity index (χ1v) is 8.10. The molecule has 118 valence electrons. The summed E-state index contributed by atoms with van der Waals surface area (Å²) < 4.78 is 0. The summed E-state index contributed by atoms with van der Waals surface area (Å²) in [5.41, 5.74) is 2.58.